The number of phenolic OH excluding ortho intramolecular Hbond substituents is 1. The van der Waals surface area contributed by atoms with Crippen LogP contribution in [0.1, 0.15) is 15.9 Å². The number of nitrogens with one attached hydrogen (secondary N) is 2. The Morgan fingerprint density at radius 3 is 2.81 bits per heavy atom. The Bertz CT molecular complexity index is 1020. The number of methoxy groups -OCH3 is 1. The summed E-state index contributed by atoms with van der Waals surface area (Å²) in [5, 5.41) is 20.1. The van der Waals surface area contributed by atoms with Crippen LogP contribution >= 0.6 is 11.6 Å². The zero-order chi connectivity index (χ0) is 19.4. The first-order valence-corrected chi connectivity index (χ1v) is 8.18. The number of para-hydroxylation sites is 1. The first kappa shape index (κ1) is 18.3. The van der Waals surface area contributed by atoms with Gasteiger partial charge in [0.2, 0.25) is 0 Å². The van der Waals surface area contributed by atoms with Crippen molar-refractivity contribution >= 4 is 41.0 Å². The molecule has 138 valence electrons. The third-order valence-electron chi connectivity index (χ3n) is 3.71. The van der Waals surface area contributed by atoms with Gasteiger partial charge in [0.1, 0.15) is 17.1 Å². The standard InChI is InChI=1S/C18H16ClN5O3/c1-27-14-8-4-7-13(25)10(14)9-21-17-15(16(20)26)18(24-23-17)22-12-6-3-2-5-11(12)19/h2-9,25H,1H3,(H2,20,26)(H2,22,23,24)/b21-9+. The van der Waals surface area contributed by atoms with Crippen molar-refractivity contribution in [3.05, 3.63) is 58.6 Å². The van der Waals surface area contributed by atoms with Crippen LogP contribution in [0.5, 0.6) is 11.5 Å². The highest BCUT2D eigenvalue weighted by Gasteiger charge is 2.19. The molecule has 27 heavy (non-hydrogen) atoms. The number of H-pyrrole nitrogens is 1. The zero-order valence-electron chi connectivity index (χ0n) is 14.2. The van der Waals surface area contributed by atoms with Crippen LogP contribution < -0.4 is 15.8 Å². The number of hydrogen-bond donors (Lipinski definition) is 4. The number of hydrogen-bond acceptors (Lipinski definition) is 6. The lowest BCUT2D eigenvalue weighted by molar-refractivity contribution is 0.100. The second kappa shape index (κ2) is 7.79. The number of halogens is 1. The van der Waals surface area contributed by atoms with E-state index in [0.717, 1.165) is 0 Å². The highest BCUT2D eigenvalue weighted by molar-refractivity contribution is 6.33. The second-order valence-electron chi connectivity index (χ2n) is 5.42. The van der Waals surface area contributed by atoms with Gasteiger partial charge < -0.3 is 20.9 Å². The van der Waals surface area contributed by atoms with Gasteiger partial charge in [0.05, 0.1) is 23.4 Å². The van der Waals surface area contributed by atoms with Crippen molar-refractivity contribution in [1.29, 1.82) is 0 Å². The molecule has 8 nitrogen and oxygen atoms in total. The number of aromatic amines is 1. The Balaban J connectivity index is 1.97. The van der Waals surface area contributed by atoms with E-state index in [0.29, 0.717) is 22.0 Å². The van der Waals surface area contributed by atoms with Crippen LogP contribution in [0.2, 0.25) is 5.02 Å². The molecule has 1 aromatic heterocycles. The second-order valence-corrected chi connectivity index (χ2v) is 5.82. The van der Waals surface area contributed by atoms with Crippen LogP contribution in [-0.2, 0) is 0 Å². The monoisotopic (exact) mass is 385 g/mol. The molecule has 2 aromatic carbocycles. The van der Waals surface area contributed by atoms with Crippen LogP contribution in [-0.4, -0.2) is 34.5 Å². The molecular formula is C18H16ClN5O3. The largest absolute Gasteiger partial charge is 0.507 e. The lowest BCUT2D eigenvalue weighted by atomic mass is 10.2. The van der Waals surface area contributed by atoms with Crippen molar-refractivity contribution in [3.63, 3.8) is 0 Å². The predicted octanol–water partition coefficient (Wildman–Crippen LogP) is 3.37. The van der Waals surface area contributed by atoms with Gasteiger partial charge in [-0.1, -0.05) is 29.8 Å². The predicted molar refractivity (Wildman–Crippen MR) is 104 cm³/mol. The number of benzene rings is 2. The van der Waals surface area contributed by atoms with Crippen molar-refractivity contribution in [2.45, 2.75) is 0 Å². The summed E-state index contributed by atoms with van der Waals surface area (Å²) in [7, 11) is 1.47. The molecule has 0 radical (unpaired) electrons. The molecule has 0 unspecified atom stereocenters. The Labute approximate surface area is 159 Å². The molecule has 3 rings (SSSR count). The average Bonchev–Trinajstić information content (AvgIpc) is 3.05. The number of aromatic hydroxyl groups is 1. The van der Waals surface area contributed by atoms with E-state index < -0.39 is 5.91 Å². The molecule has 0 aliphatic carbocycles. The number of ether oxygens (including phenoxy) is 1. The maximum atomic E-state index is 11.9. The number of nitrogens with two attached hydrogens (primary N) is 1. The molecule has 0 saturated heterocycles. The number of rotatable bonds is 6. The van der Waals surface area contributed by atoms with Crippen molar-refractivity contribution in [1.82, 2.24) is 10.2 Å². The van der Waals surface area contributed by atoms with Gasteiger partial charge in [-0.25, -0.2) is 4.99 Å². The van der Waals surface area contributed by atoms with E-state index in [1.165, 1.54) is 19.4 Å². The summed E-state index contributed by atoms with van der Waals surface area (Å²) in [5.74, 6) is -0.00924. The van der Waals surface area contributed by atoms with Gasteiger partial charge in [-0.05, 0) is 24.3 Å². The number of anilines is 2. The molecule has 0 bridgehead atoms. The molecule has 0 fully saturated rings. The Hall–Kier alpha value is -3.52. The number of carbonyl (C=O) groups is 1. The molecule has 0 spiro atoms. The van der Waals surface area contributed by atoms with E-state index in [2.05, 4.69) is 20.5 Å². The van der Waals surface area contributed by atoms with Gasteiger partial charge in [0.15, 0.2) is 11.6 Å². The SMILES string of the molecule is COc1cccc(O)c1/C=N/c1[nH]nc(Nc2ccccc2Cl)c1C(N)=O. The minimum absolute atomic E-state index is 0.0207. The topological polar surface area (TPSA) is 126 Å². The van der Waals surface area contributed by atoms with Crippen LogP contribution in [0.25, 0.3) is 0 Å². The van der Waals surface area contributed by atoms with Crippen LogP contribution in [0.3, 0.4) is 0 Å². The maximum absolute atomic E-state index is 11.9. The fourth-order valence-corrected chi connectivity index (χ4v) is 2.59. The summed E-state index contributed by atoms with van der Waals surface area (Å²) in [4.78, 5) is 16.1. The summed E-state index contributed by atoms with van der Waals surface area (Å²) < 4.78 is 5.19. The Morgan fingerprint density at radius 2 is 2.11 bits per heavy atom. The number of primary amides is 1. The Morgan fingerprint density at radius 1 is 1.33 bits per heavy atom. The third-order valence-corrected chi connectivity index (χ3v) is 4.04. The summed E-state index contributed by atoms with van der Waals surface area (Å²) in [6.07, 6.45) is 1.35. The van der Waals surface area contributed by atoms with Crippen LogP contribution in [0.4, 0.5) is 17.3 Å². The van der Waals surface area contributed by atoms with E-state index in [1.807, 2.05) is 0 Å². The number of nitrogens with zero attached hydrogens (tertiary/aromatic N) is 2. The number of carbonyl (C=O) groups excluding carboxylic acids is 1. The first-order valence-electron chi connectivity index (χ1n) is 7.81. The molecule has 1 amide bonds. The number of aliphatic imine (C=N–C) groups is 1. The van der Waals surface area contributed by atoms with Crippen molar-refractivity contribution < 1.29 is 14.6 Å². The van der Waals surface area contributed by atoms with Crippen molar-refractivity contribution in [2.24, 2.45) is 10.7 Å². The highest BCUT2D eigenvalue weighted by atomic mass is 35.5. The molecule has 5 N–H and O–H groups in total. The van der Waals surface area contributed by atoms with E-state index >= 15 is 0 Å². The fourth-order valence-electron chi connectivity index (χ4n) is 2.41. The lowest BCUT2D eigenvalue weighted by Gasteiger charge is -2.06. The van der Waals surface area contributed by atoms with Gasteiger partial charge in [0.25, 0.3) is 5.91 Å². The summed E-state index contributed by atoms with van der Waals surface area (Å²) in [6, 6.07) is 11.8. The molecular weight excluding hydrogens is 370 g/mol. The van der Waals surface area contributed by atoms with Gasteiger partial charge in [-0.3, -0.25) is 9.89 Å². The van der Waals surface area contributed by atoms with E-state index in [4.69, 9.17) is 22.1 Å². The maximum Gasteiger partial charge on any atom is 0.256 e. The molecule has 3 aromatic rings. The molecule has 1 heterocycles. The van der Waals surface area contributed by atoms with Gasteiger partial charge in [-0.15, -0.1) is 0 Å². The van der Waals surface area contributed by atoms with E-state index in [-0.39, 0.29) is 22.9 Å². The normalized spacial score (nSPS) is 10.9. The van der Waals surface area contributed by atoms with Gasteiger partial charge in [0, 0.05) is 6.21 Å². The number of aromatic nitrogens is 2. The van der Waals surface area contributed by atoms with Gasteiger partial charge >= 0.3 is 0 Å². The minimum atomic E-state index is -0.727. The minimum Gasteiger partial charge on any atom is -0.507 e. The molecule has 0 aliphatic heterocycles. The lowest BCUT2D eigenvalue weighted by Crippen LogP contribution is -2.12. The van der Waals surface area contributed by atoms with Gasteiger partial charge in [-0.2, -0.15) is 5.10 Å². The Kier molecular flexibility index (Phi) is 5.28. The highest BCUT2D eigenvalue weighted by Crippen LogP contribution is 2.30. The van der Waals surface area contributed by atoms with E-state index in [1.54, 1.807) is 36.4 Å². The fraction of sp³-hybridized carbons (Fsp3) is 0.0556. The molecule has 9 heteroatoms. The molecule has 0 atom stereocenters. The molecule has 0 aliphatic rings. The van der Waals surface area contributed by atoms with Crippen LogP contribution in [0, 0.1) is 0 Å². The summed E-state index contributed by atoms with van der Waals surface area (Å²) >= 11 is 6.12. The molecule has 0 saturated carbocycles. The van der Waals surface area contributed by atoms with Crippen molar-refractivity contribution in [2.75, 3.05) is 12.4 Å². The number of phenols is 1. The van der Waals surface area contributed by atoms with Crippen molar-refractivity contribution in [3.8, 4) is 11.5 Å². The van der Waals surface area contributed by atoms with E-state index in [9.17, 15) is 9.90 Å². The van der Waals surface area contributed by atoms with Crippen LogP contribution in [0.15, 0.2) is 47.5 Å². The quantitative estimate of drug-likeness (QED) is 0.484. The third kappa shape index (κ3) is 3.85. The number of amides is 1. The summed E-state index contributed by atoms with van der Waals surface area (Å²) in [6.45, 7) is 0. The zero-order valence-corrected chi connectivity index (χ0v) is 15.0. The first-order chi connectivity index (χ1) is 13.0. The summed E-state index contributed by atoms with van der Waals surface area (Å²) in [5.41, 5.74) is 6.46. The smallest absolute Gasteiger partial charge is 0.256 e. The average molecular weight is 386 g/mol.